The Morgan fingerprint density at radius 1 is 1.50 bits per heavy atom. The normalized spacial score (nSPS) is 15.1. The van der Waals surface area contributed by atoms with Crippen LogP contribution in [0.2, 0.25) is 0 Å². The first-order valence-electron chi connectivity index (χ1n) is 5.86. The van der Waals surface area contributed by atoms with Crippen molar-refractivity contribution in [3.05, 3.63) is 32.4 Å². The average molecular weight is 309 g/mol. The van der Waals surface area contributed by atoms with Crippen LogP contribution in [0, 0.1) is 6.92 Å². The molecular formula is C12H13BrN4O. The lowest BCUT2D eigenvalue weighted by Gasteiger charge is -2.04. The highest BCUT2D eigenvalue weighted by molar-refractivity contribution is 9.10. The first-order chi connectivity index (χ1) is 8.56. The molecule has 1 aliphatic rings. The van der Waals surface area contributed by atoms with Crippen LogP contribution in [-0.4, -0.2) is 19.7 Å². The molecule has 0 aliphatic heterocycles. The Hall–Kier alpha value is -1.43. The Bertz CT molecular complexity index is 669. The van der Waals surface area contributed by atoms with E-state index >= 15 is 0 Å². The maximum Gasteiger partial charge on any atom is 0.265 e. The molecule has 0 atom stereocenters. The summed E-state index contributed by atoms with van der Waals surface area (Å²) in [5.41, 5.74) is 2.50. The Kier molecular flexibility index (Phi) is 2.62. The van der Waals surface area contributed by atoms with Gasteiger partial charge in [-0.25, -0.2) is 4.98 Å². The molecule has 0 amide bonds. The van der Waals surface area contributed by atoms with Crippen LogP contribution in [0.5, 0.6) is 0 Å². The third kappa shape index (κ3) is 1.90. The van der Waals surface area contributed by atoms with E-state index in [1.807, 2.05) is 20.2 Å². The molecule has 1 N–H and O–H groups in total. The smallest absolute Gasteiger partial charge is 0.265 e. The highest BCUT2D eigenvalue weighted by Gasteiger charge is 2.29. The number of hydrogen-bond donors (Lipinski definition) is 1. The third-order valence-corrected chi connectivity index (χ3v) is 3.89. The number of aromatic nitrogens is 4. The second kappa shape index (κ2) is 4.05. The summed E-state index contributed by atoms with van der Waals surface area (Å²) in [6.07, 6.45) is 4.10. The number of hydrogen-bond acceptors (Lipinski definition) is 3. The van der Waals surface area contributed by atoms with Crippen LogP contribution in [0.15, 0.2) is 15.5 Å². The summed E-state index contributed by atoms with van der Waals surface area (Å²) in [4.78, 5) is 19.3. The Morgan fingerprint density at radius 2 is 2.22 bits per heavy atom. The molecule has 1 saturated carbocycles. The van der Waals surface area contributed by atoms with Crippen molar-refractivity contribution in [2.24, 2.45) is 7.05 Å². The van der Waals surface area contributed by atoms with E-state index in [1.54, 1.807) is 4.68 Å². The molecule has 0 aromatic carbocycles. The highest BCUT2D eigenvalue weighted by atomic mass is 79.9. The Labute approximate surface area is 112 Å². The van der Waals surface area contributed by atoms with Gasteiger partial charge in [-0.3, -0.25) is 9.48 Å². The van der Waals surface area contributed by atoms with E-state index in [9.17, 15) is 4.79 Å². The van der Waals surface area contributed by atoms with Gasteiger partial charge in [0.15, 0.2) is 0 Å². The molecule has 94 valence electrons. The molecule has 6 heteroatoms. The van der Waals surface area contributed by atoms with Crippen LogP contribution >= 0.6 is 15.9 Å². The van der Waals surface area contributed by atoms with Crippen LogP contribution < -0.4 is 5.56 Å². The highest BCUT2D eigenvalue weighted by Crippen LogP contribution is 2.41. The van der Waals surface area contributed by atoms with Gasteiger partial charge in [-0.2, -0.15) is 5.10 Å². The summed E-state index contributed by atoms with van der Waals surface area (Å²) in [7, 11) is 1.86. The summed E-state index contributed by atoms with van der Waals surface area (Å²) in [5, 5.41) is 4.27. The number of nitrogens with zero attached hydrogens (tertiary/aromatic N) is 3. The van der Waals surface area contributed by atoms with E-state index in [4.69, 9.17) is 0 Å². The number of aromatic amines is 1. The molecule has 0 bridgehead atoms. The number of H-pyrrole nitrogens is 1. The molecule has 0 saturated heterocycles. The number of nitrogens with one attached hydrogen (secondary N) is 1. The van der Waals surface area contributed by atoms with Crippen LogP contribution in [0.25, 0.3) is 11.4 Å². The fraction of sp³-hybridized carbons (Fsp3) is 0.417. The first kappa shape index (κ1) is 11.6. The second-order valence-electron chi connectivity index (χ2n) is 4.69. The second-order valence-corrected chi connectivity index (χ2v) is 5.48. The molecule has 2 heterocycles. The Balaban J connectivity index is 2.18. The zero-order valence-electron chi connectivity index (χ0n) is 10.2. The van der Waals surface area contributed by atoms with Gasteiger partial charge in [-0.05, 0) is 35.7 Å². The monoisotopic (exact) mass is 308 g/mol. The van der Waals surface area contributed by atoms with Crippen molar-refractivity contribution in [3.63, 3.8) is 0 Å². The maximum atomic E-state index is 11.9. The lowest BCUT2D eigenvalue weighted by Crippen LogP contribution is -2.13. The molecule has 18 heavy (non-hydrogen) atoms. The van der Waals surface area contributed by atoms with Crippen molar-refractivity contribution in [3.8, 4) is 11.4 Å². The summed E-state index contributed by atoms with van der Waals surface area (Å²) >= 11 is 3.32. The van der Waals surface area contributed by atoms with Gasteiger partial charge in [0.05, 0.1) is 17.0 Å². The molecule has 0 unspecified atom stereocenters. The predicted molar refractivity (Wildman–Crippen MR) is 71.5 cm³/mol. The van der Waals surface area contributed by atoms with Crippen molar-refractivity contribution >= 4 is 15.9 Å². The zero-order chi connectivity index (χ0) is 12.9. The first-order valence-corrected chi connectivity index (χ1v) is 6.66. The van der Waals surface area contributed by atoms with Gasteiger partial charge in [0.25, 0.3) is 5.56 Å². The van der Waals surface area contributed by atoms with E-state index in [0.717, 1.165) is 29.8 Å². The van der Waals surface area contributed by atoms with Crippen LogP contribution in [0.3, 0.4) is 0 Å². The standard InChI is InChI=1S/C12H13BrN4O/c1-6-8(5-17(2)16-6)11-14-10(7-3-4-7)9(13)12(18)15-11/h5,7H,3-4H2,1-2H3,(H,14,15,18). The lowest BCUT2D eigenvalue weighted by molar-refractivity contribution is 0.756. The van der Waals surface area contributed by atoms with Crippen molar-refractivity contribution in [1.82, 2.24) is 19.7 Å². The maximum absolute atomic E-state index is 11.9. The minimum atomic E-state index is -0.120. The lowest BCUT2D eigenvalue weighted by atomic mass is 10.2. The molecule has 2 aromatic heterocycles. The van der Waals surface area contributed by atoms with Gasteiger partial charge in [0.2, 0.25) is 0 Å². The number of halogens is 1. The quantitative estimate of drug-likeness (QED) is 0.924. The summed E-state index contributed by atoms with van der Waals surface area (Å²) in [5.74, 6) is 1.04. The molecular weight excluding hydrogens is 296 g/mol. The Morgan fingerprint density at radius 3 is 2.78 bits per heavy atom. The van der Waals surface area contributed by atoms with E-state index in [-0.39, 0.29) is 5.56 Å². The average Bonchev–Trinajstić information content (AvgIpc) is 3.08. The van der Waals surface area contributed by atoms with Gasteiger partial charge in [-0.1, -0.05) is 0 Å². The van der Waals surface area contributed by atoms with Gasteiger partial charge in [0, 0.05) is 19.2 Å². The molecule has 0 spiro atoms. The van der Waals surface area contributed by atoms with Gasteiger partial charge in [0.1, 0.15) is 10.3 Å². The SMILES string of the molecule is Cc1nn(C)cc1-c1nc(C2CC2)c(Br)c(=O)[nH]1. The fourth-order valence-electron chi connectivity index (χ4n) is 2.06. The molecule has 3 rings (SSSR count). The van der Waals surface area contributed by atoms with E-state index < -0.39 is 0 Å². The topological polar surface area (TPSA) is 63.6 Å². The molecule has 1 aliphatic carbocycles. The van der Waals surface area contributed by atoms with E-state index in [2.05, 4.69) is 31.0 Å². The number of rotatable bonds is 2. The van der Waals surface area contributed by atoms with Crippen LogP contribution in [-0.2, 0) is 7.05 Å². The van der Waals surface area contributed by atoms with Crippen molar-refractivity contribution in [1.29, 1.82) is 0 Å². The predicted octanol–water partition coefficient (Wildman–Crippen LogP) is 2.12. The van der Waals surface area contributed by atoms with Crippen molar-refractivity contribution < 1.29 is 0 Å². The van der Waals surface area contributed by atoms with E-state index in [1.165, 1.54) is 0 Å². The van der Waals surface area contributed by atoms with Crippen LogP contribution in [0.4, 0.5) is 0 Å². The zero-order valence-corrected chi connectivity index (χ0v) is 11.8. The van der Waals surface area contributed by atoms with Crippen molar-refractivity contribution in [2.75, 3.05) is 0 Å². The molecule has 1 fully saturated rings. The van der Waals surface area contributed by atoms with Gasteiger partial charge in [-0.15, -0.1) is 0 Å². The van der Waals surface area contributed by atoms with Crippen LogP contribution in [0.1, 0.15) is 30.1 Å². The van der Waals surface area contributed by atoms with Crippen molar-refractivity contribution in [2.45, 2.75) is 25.7 Å². The third-order valence-electron chi connectivity index (χ3n) is 3.12. The summed E-state index contributed by atoms with van der Waals surface area (Å²) in [6, 6.07) is 0. The van der Waals surface area contributed by atoms with E-state index in [0.29, 0.717) is 16.2 Å². The summed E-state index contributed by atoms with van der Waals surface area (Å²) in [6.45, 7) is 1.91. The minimum Gasteiger partial charge on any atom is -0.305 e. The summed E-state index contributed by atoms with van der Waals surface area (Å²) < 4.78 is 2.29. The molecule has 2 aromatic rings. The largest absolute Gasteiger partial charge is 0.305 e. The minimum absolute atomic E-state index is 0.120. The molecule has 0 radical (unpaired) electrons. The fourth-order valence-corrected chi connectivity index (χ4v) is 2.57. The molecule has 5 nitrogen and oxygen atoms in total. The van der Waals surface area contributed by atoms with Gasteiger partial charge >= 0.3 is 0 Å². The number of aryl methyl sites for hydroxylation is 2. The van der Waals surface area contributed by atoms with Gasteiger partial charge < -0.3 is 4.98 Å².